The number of hydrogen-bond donors (Lipinski definition) is 2. The van der Waals surface area contributed by atoms with Crippen molar-refractivity contribution in [1.29, 1.82) is 0 Å². The van der Waals surface area contributed by atoms with Gasteiger partial charge in [-0.25, -0.2) is 17.9 Å². The van der Waals surface area contributed by atoms with E-state index in [9.17, 15) is 13.2 Å². The minimum atomic E-state index is -3.34. The molecular formula is C20H37N3O4S. The van der Waals surface area contributed by atoms with Crippen LogP contribution in [-0.4, -0.2) is 63.0 Å². The first kappa shape index (κ1) is 21.8. The molecular weight excluding hydrogens is 378 g/mol. The van der Waals surface area contributed by atoms with Crippen LogP contribution in [0.5, 0.6) is 0 Å². The highest BCUT2D eigenvalue weighted by Crippen LogP contribution is 2.32. The fraction of sp³-hybridized carbons (Fsp3) is 0.950. The largest absolute Gasteiger partial charge is 0.376 e. The topological polar surface area (TPSA) is 87.7 Å². The first-order valence-electron chi connectivity index (χ1n) is 10.9. The van der Waals surface area contributed by atoms with Gasteiger partial charge in [-0.05, 0) is 63.2 Å². The van der Waals surface area contributed by atoms with Crippen molar-refractivity contribution in [2.75, 3.05) is 19.4 Å². The Bertz CT molecular complexity index is 627. The lowest BCUT2D eigenvalue weighted by atomic mass is 9.80. The molecule has 0 unspecified atom stereocenters. The molecule has 7 nitrogen and oxygen atoms in total. The zero-order valence-corrected chi connectivity index (χ0v) is 18.3. The molecule has 162 valence electrons. The summed E-state index contributed by atoms with van der Waals surface area (Å²) in [7, 11) is -3.34. The standard InChI is InChI=1S/C20H37N3O4S/c1-14(2)15-6-10-17(11-7-15)27-13-19-18(22-28(3,25)26)5-4-12-23(19)20(24)21-16-8-9-16/h14-19,22H,4-13H2,1-3H3,(H,21,24)/t15-,17+,18-,19-/m0/s1. The number of likely N-dealkylation sites (tertiary alicyclic amines) is 1. The Morgan fingerprint density at radius 1 is 1.11 bits per heavy atom. The maximum atomic E-state index is 12.7. The van der Waals surface area contributed by atoms with Crippen LogP contribution in [0.15, 0.2) is 0 Å². The van der Waals surface area contributed by atoms with Crippen LogP contribution in [-0.2, 0) is 14.8 Å². The fourth-order valence-corrected chi connectivity index (χ4v) is 5.39. The Labute approximate surface area is 170 Å². The number of rotatable bonds is 7. The van der Waals surface area contributed by atoms with E-state index in [2.05, 4.69) is 23.9 Å². The highest BCUT2D eigenvalue weighted by atomic mass is 32.2. The number of carbonyl (C=O) groups excluding carboxylic acids is 1. The number of carbonyl (C=O) groups is 1. The minimum absolute atomic E-state index is 0.0837. The second-order valence-electron chi connectivity index (χ2n) is 9.24. The van der Waals surface area contributed by atoms with Gasteiger partial charge in [0.15, 0.2) is 0 Å². The summed E-state index contributed by atoms with van der Waals surface area (Å²) in [6.07, 6.45) is 9.45. The van der Waals surface area contributed by atoms with Crippen LogP contribution >= 0.6 is 0 Å². The van der Waals surface area contributed by atoms with Crippen LogP contribution in [0.2, 0.25) is 0 Å². The van der Waals surface area contributed by atoms with Crippen molar-refractivity contribution in [2.45, 2.75) is 89.4 Å². The van der Waals surface area contributed by atoms with Crippen molar-refractivity contribution in [3.8, 4) is 0 Å². The quantitative estimate of drug-likeness (QED) is 0.669. The molecule has 0 bridgehead atoms. The third-order valence-electron chi connectivity index (χ3n) is 6.47. The van der Waals surface area contributed by atoms with Crippen LogP contribution < -0.4 is 10.0 Å². The number of nitrogens with one attached hydrogen (secondary N) is 2. The lowest BCUT2D eigenvalue weighted by Crippen LogP contribution is -2.61. The zero-order valence-electron chi connectivity index (χ0n) is 17.5. The van der Waals surface area contributed by atoms with Crippen molar-refractivity contribution in [3.63, 3.8) is 0 Å². The molecule has 3 fully saturated rings. The molecule has 28 heavy (non-hydrogen) atoms. The van der Waals surface area contributed by atoms with Crippen LogP contribution in [0.3, 0.4) is 0 Å². The lowest BCUT2D eigenvalue weighted by molar-refractivity contribution is -0.0241. The van der Waals surface area contributed by atoms with Crippen molar-refractivity contribution >= 4 is 16.1 Å². The highest BCUT2D eigenvalue weighted by molar-refractivity contribution is 7.88. The van der Waals surface area contributed by atoms with E-state index in [1.807, 2.05) is 0 Å². The van der Waals surface area contributed by atoms with E-state index in [0.717, 1.165) is 44.4 Å². The van der Waals surface area contributed by atoms with Crippen LogP contribution in [0.4, 0.5) is 4.79 Å². The van der Waals surface area contributed by atoms with Gasteiger partial charge in [0, 0.05) is 18.6 Å². The minimum Gasteiger partial charge on any atom is -0.376 e. The Kier molecular flexibility index (Phi) is 7.26. The van der Waals surface area contributed by atoms with Gasteiger partial charge in [0.2, 0.25) is 10.0 Å². The summed E-state index contributed by atoms with van der Waals surface area (Å²) in [5, 5.41) is 3.05. The smallest absolute Gasteiger partial charge is 0.318 e. The molecule has 1 aliphatic heterocycles. The van der Waals surface area contributed by atoms with Crippen LogP contribution in [0.25, 0.3) is 0 Å². The van der Waals surface area contributed by atoms with Crippen LogP contribution in [0, 0.1) is 11.8 Å². The van der Waals surface area contributed by atoms with Crippen molar-refractivity contribution < 1.29 is 17.9 Å². The van der Waals surface area contributed by atoms with E-state index in [1.54, 1.807) is 4.90 Å². The molecule has 3 aliphatic rings. The monoisotopic (exact) mass is 415 g/mol. The Hall–Kier alpha value is -0.860. The summed E-state index contributed by atoms with van der Waals surface area (Å²) in [4.78, 5) is 14.5. The van der Waals surface area contributed by atoms with Crippen molar-refractivity contribution in [3.05, 3.63) is 0 Å². The van der Waals surface area contributed by atoms with Gasteiger partial charge in [-0.2, -0.15) is 0 Å². The lowest BCUT2D eigenvalue weighted by Gasteiger charge is -2.42. The molecule has 0 aromatic rings. The average molecular weight is 416 g/mol. The summed E-state index contributed by atoms with van der Waals surface area (Å²) in [5.74, 6) is 1.49. The number of sulfonamides is 1. The third kappa shape index (κ3) is 6.32. The third-order valence-corrected chi connectivity index (χ3v) is 7.21. The Morgan fingerprint density at radius 3 is 2.36 bits per heavy atom. The summed E-state index contributed by atoms with van der Waals surface area (Å²) >= 11 is 0. The predicted molar refractivity (Wildman–Crippen MR) is 110 cm³/mol. The number of urea groups is 1. The fourth-order valence-electron chi connectivity index (χ4n) is 4.57. The maximum Gasteiger partial charge on any atom is 0.318 e. The zero-order chi connectivity index (χ0) is 20.3. The summed E-state index contributed by atoms with van der Waals surface area (Å²) in [6.45, 7) is 5.61. The second-order valence-corrected chi connectivity index (χ2v) is 11.0. The Morgan fingerprint density at radius 2 is 1.79 bits per heavy atom. The van der Waals surface area contributed by atoms with Gasteiger partial charge in [-0.3, -0.25) is 0 Å². The summed E-state index contributed by atoms with van der Waals surface area (Å²) < 4.78 is 32.7. The number of hydrogen-bond acceptors (Lipinski definition) is 4. The number of piperidine rings is 1. The van der Waals surface area contributed by atoms with E-state index in [0.29, 0.717) is 19.1 Å². The number of amides is 2. The van der Waals surface area contributed by atoms with Gasteiger partial charge in [-0.15, -0.1) is 0 Å². The second kappa shape index (κ2) is 9.30. The van der Waals surface area contributed by atoms with Gasteiger partial charge in [-0.1, -0.05) is 13.8 Å². The molecule has 2 atom stereocenters. The average Bonchev–Trinajstić information content (AvgIpc) is 3.43. The van der Waals surface area contributed by atoms with E-state index >= 15 is 0 Å². The van der Waals surface area contributed by atoms with Gasteiger partial charge in [0.1, 0.15) is 0 Å². The molecule has 0 radical (unpaired) electrons. The molecule has 2 aliphatic carbocycles. The van der Waals surface area contributed by atoms with Gasteiger partial charge in [0.05, 0.1) is 25.0 Å². The van der Waals surface area contributed by atoms with Gasteiger partial charge >= 0.3 is 6.03 Å². The maximum absolute atomic E-state index is 12.7. The molecule has 8 heteroatoms. The highest BCUT2D eigenvalue weighted by Gasteiger charge is 2.38. The first-order valence-corrected chi connectivity index (χ1v) is 12.8. The van der Waals surface area contributed by atoms with Gasteiger partial charge in [0.25, 0.3) is 0 Å². The molecule has 2 amide bonds. The van der Waals surface area contributed by atoms with E-state index in [4.69, 9.17) is 4.74 Å². The van der Waals surface area contributed by atoms with Crippen molar-refractivity contribution in [1.82, 2.24) is 14.9 Å². The SMILES string of the molecule is CC(C)[C@H]1CC[C@@H](OC[C@H]2[C@@H](NS(C)(=O)=O)CCCN2C(=O)NC2CC2)CC1. The molecule has 1 heterocycles. The molecule has 0 spiro atoms. The number of ether oxygens (including phenoxy) is 1. The van der Waals surface area contributed by atoms with E-state index in [1.165, 1.54) is 19.1 Å². The predicted octanol–water partition coefficient (Wildman–Crippen LogP) is 2.47. The molecule has 0 aromatic carbocycles. The summed E-state index contributed by atoms with van der Waals surface area (Å²) in [5.41, 5.74) is 0. The normalized spacial score (nSPS) is 31.8. The molecule has 3 rings (SSSR count). The van der Waals surface area contributed by atoms with Gasteiger partial charge < -0.3 is 15.0 Å². The number of nitrogens with zero attached hydrogens (tertiary/aromatic N) is 1. The van der Waals surface area contributed by atoms with E-state index < -0.39 is 10.0 Å². The first-order chi connectivity index (χ1) is 13.2. The molecule has 2 N–H and O–H groups in total. The van der Waals surface area contributed by atoms with Crippen LogP contribution in [0.1, 0.15) is 65.2 Å². The molecule has 2 saturated carbocycles. The Balaban J connectivity index is 1.61. The molecule has 0 aromatic heterocycles. The summed E-state index contributed by atoms with van der Waals surface area (Å²) in [6, 6.07) is -0.353. The molecule has 1 saturated heterocycles. The van der Waals surface area contributed by atoms with Crippen molar-refractivity contribution in [2.24, 2.45) is 11.8 Å². The van der Waals surface area contributed by atoms with E-state index in [-0.39, 0.29) is 30.3 Å².